The van der Waals surface area contributed by atoms with Crippen LogP contribution in [0.5, 0.6) is 0 Å². The van der Waals surface area contributed by atoms with E-state index in [1.165, 1.54) is 16.7 Å². The van der Waals surface area contributed by atoms with Crippen molar-refractivity contribution in [3.05, 3.63) is 34.9 Å². The number of hydrogen-bond acceptors (Lipinski definition) is 5. The van der Waals surface area contributed by atoms with Crippen LogP contribution in [0.3, 0.4) is 0 Å². The van der Waals surface area contributed by atoms with Crippen LogP contribution < -0.4 is 0 Å². The van der Waals surface area contributed by atoms with Crippen LogP contribution >= 0.6 is 7.60 Å². The average molecular weight is 427 g/mol. The first kappa shape index (κ1) is 25.9. The normalized spacial score (nSPS) is 21.1. The highest BCUT2D eigenvalue weighted by Crippen LogP contribution is 2.56. The molecule has 0 aromatic heterocycles. The maximum Gasteiger partial charge on any atom is 0.344 e. The number of esters is 1. The van der Waals surface area contributed by atoms with Crippen LogP contribution in [0.4, 0.5) is 0 Å². The molecule has 1 rings (SSSR count). The summed E-state index contributed by atoms with van der Waals surface area (Å²) in [6.45, 7) is 12.5. The number of hydrogen-bond donors (Lipinski definition) is 0. The number of carbonyl (C=O) groups is 1. The molecule has 0 N–H and O–H groups in total. The van der Waals surface area contributed by atoms with E-state index in [2.05, 4.69) is 39.8 Å². The van der Waals surface area contributed by atoms with E-state index < -0.39 is 19.2 Å². The summed E-state index contributed by atoms with van der Waals surface area (Å²) in [7, 11) is -3.46. The topological polar surface area (TPSA) is 61.8 Å². The summed E-state index contributed by atoms with van der Waals surface area (Å²) in [5, 5.41) is 0. The number of ether oxygens (including phenoxy) is 1. The molecule has 1 fully saturated rings. The van der Waals surface area contributed by atoms with Crippen molar-refractivity contribution in [3.8, 4) is 0 Å². The molecule has 166 valence electrons. The molecule has 1 aliphatic rings. The summed E-state index contributed by atoms with van der Waals surface area (Å²) in [6, 6.07) is 0. The van der Waals surface area contributed by atoms with E-state index in [0.29, 0.717) is 12.8 Å². The van der Waals surface area contributed by atoms with E-state index in [1.54, 1.807) is 13.8 Å². The molecular weight excluding hydrogens is 387 g/mol. The molecule has 0 spiro atoms. The van der Waals surface area contributed by atoms with Gasteiger partial charge < -0.3 is 13.8 Å². The molecule has 2 atom stereocenters. The highest BCUT2D eigenvalue weighted by atomic mass is 31.2. The molecule has 1 saturated heterocycles. The standard InChI is InChI=1S/C23H39O5P/c1-7-26-29(25,27-8-2)22-16-15-21(28-23(22)24)17-20(6)14-10-13-19(5)12-9-11-18(3)4/h11,13,17,21-22H,7-10,12,14-16H2,1-6H3/b19-13+,20-17+/t21-,22?/m1/s1. The summed E-state index contributed by atoms with van der Waals surface area (Å²) in [4.78, 5) is 12.4. The zero-order valence-corrected chi connectivity index (χ0v) is 19.9. The van der Waals surface area contributed by atoms with Crippen LogP contribution in [0.2, 0.25) is 0 Å². The molecule has 0 saturated carbocycles. The van der Waals surface area contributed by atoms with Crippen LogP contribution in [0, 0.1) is 0 Å². The molecule has 1 aliphatic heterocycles. The lowest BCUT2D eigenvalue weighted by atomic mass is 10.0. The monoisotopic (exact) mass is 426 g/mol. The second-order valence-electron chi connectivity index (χ2n) is 7.87. The first-order chi connectivity index (χ1) is 13.7. The highest BCUT2D eigenvalue weighted by Gasteiger charge is 2.45. The van der Waals surface area contributed by atoms with Crippen molar-refractivity contribution in [1.82, 2.24) is 0 Å². The molecule has 5 nitrogen and oxygen atoms in total. The number of cyclic esters (lactones) is 1. The summed E-state index contributed by atoms with van der Waals surface area (Å²) in [5.41, 5.74) is 3.15. The summed E-state index contributed by atoms with van der Waals surface area (Å²) >= 11 is 0. The van der Waals surface area contributed by atoms with E-state index in [1.807, 2.05) is 6.08 Å². The third-order valence-electron chi connectivity index (χ3n) is 4.86. The van der Waals surface area contributed by atoms with Crippen LogP contribution in [-0.4, -0.2) is 30.9 Å². The van der Waals surface area contributed by atoms with Gasteiger partial charge in [0, 0.05) is 0 Å². The number of rotatable bonds is 12. The van der Waals surface area contributed by atoms with Crippen molar-refractivity contribution in [2.45, 2.75) is 91.8 Å². The van der Waals surface area contributed by atoms with Gasteiger partial charge >= 0.3 is 13.6 Å². The van der Waals surface area contributed by atoms with Gasteiger partial charge in [-0.25, -0.2) is 0 Å². The fraction of sp³-hybridized carbons (Fsp3) is 0.696. The van der Waals surface area contributed by atoms with Crippen molar-refractivity contribution in [2.75, 3.05) is 13.2 Å². The van der Waals surface area contributed by atoms with Gasteiger partial charge in [-0.15, -0.1) is 0 Å². The zero-order valence-electron chi connectivity index (χ0n) is 19.0. The minimum absolute atomic E-state index is 0.241. The Bertz CT molecular complexity index is 648. The molecule has 0 aliphatic carbocycles. The van der Waals surface area contributed by atoms with E-state index in [4.69, 9.17) is 13.8 Å². The molecule has 29 heavy (non-hydrogen) atoms. The molecule has 0 bridgehead atoms. The fourth-order valence-corrected chi connectivity index (χ4v) is 5.28. The minimum Gasteiger partial charge on any atom is -0.457 e. The van der Waals surface area contributed by atoms with Crippen molar-refractivity contribution >= 4 is 13.6 Å². The van der Waals surface area contributed by atoms with Gasteiger partial charge in [-0.1, -0.05) is 28.9 Å². The van der Waals surface area contributed by atoms with Crippen LogP contribution in [0.25, 0.3) is 0 Å². The molecule has 1 unspecified atom stereocenters. The number of carbonyl (C=O) groups excluding carboxylic acids is 1. The molecular formula is C23H39O5P. The first-order valence-electron chi connectivity index (χ1n) is 10.8. The van der Waals surface area contributed by atoms with Crippen molar-refractivity contribution < 1.29 is 23.1 Å². The van der Waals surface area contributed by atoms with E-state index in [-0.39, 0.29) is 19.3 Å². The summed E-state index contributed by atoms with van der Waals surface area (Å²) < 4.78 is 29.0. The lowest BCUT2D eigenvalue weighted by molar-refractivity contribution is -0.150. The molecule has 0 aromatic rings. The van der Waals surface area contributed by atoms with Crippen LogP contribution in [0.1, 0.15) is 80.1 Å². The minimum atomic E-state index is -3.46. The number of allylic oxidation sites excluding steroid dienone is 5. The maximum atomic E-state index is 12.9. The smallest absolute Gasteiger partial charge is 0.344 e. The van der Waals surface area contributed by atoms with E-state index in [0.717, 1.165) is 25.7 Å². The van der Waals surface area contributed by atoms with Crippen LogP contribution in [0.15, 0.2) is 34.9 Å². The van der Waals surface area contributed by atoms with Gasteiger partial charge in [0.2, 0.25) is 0 Å². The largest absolute Gasteiger partial charge is 0.457 e. The Balaban J connectivity index is 2.54. The Morgan fingerprint density at radius 2 is 1.59 bits per heavy atom. The highest BCUT2D eigenvalue weighted by molar-refractivity contribution is 7.55. The molecule has 1 heterocycles. The van der Waals surface area contributed by atoms with Crippen molar-refractivity contribution in [2.24, 2.45) is 0 Å². The second-order valence-corrected chi connectivity index (χ2v) is 10.1. The third kappa shape index (κ3) is 9.46. The molecule has 0 amide bonds. The van der Waals surface area contributed by atoms with Gasteiger partial charge in [0.15, 0.2) is 5.66 Å². The molecule has 0 radical (unpaired) electrons. The van der Waals surface area contributed by atoms with Gasteiger partial charge in [-0.3, -0.25) is 9.36 Å². The van der Waals surface area contributed by atoms with Gasteiger partial charge in [0.05, 0.1) is 13.2 Å². The lowest BCUT2D eigenvalue weighted by Gasteiger charge is -2.31. The third-order valence-corrected chi connectivity index (χ3v) is 7.33. The van der Waals surface area contributed by atoms with E-state index >= 15 is 0 Å². The second kappa shape index (κ2) is 13.2. The summed E-state index contributed by atoms with van der Waals surface area (Å²) in [6.07, 6.45) is 11.5. The first-order valence-corrected chi connectivity index (χ1v) is 12.4. The lowest BCUT2D eigenvalue weighted by Crippen LogP contribution is -2.35. The molecule has 0 aromatic carbocycles. The van der Waals surface area contributed by atoms with Gasteiger partial charge in [-0.2, -0.15) is 0 Å². The fourth-order valence-electron chi connectivity index (χ4n) is 3.35. The zero-order chi connectivity index (χ0) is 21.9. The quantitative estimate of drug-likeness (QED) is 0.196. The van der Waals surface area contributed by atoms with Crippen molar-refractivity contribution in [3.63, 3.8) is 0 Å². The maximum absolute atomic E-state index is 12.9. The summed E-state index contributed by atoms with van der Waals surface area (Å²) in [5.74, 6) is -0.481. The van der Waals surface area contributed by atoms with E-state index in [9.17, 15) is 9.36 Å². The SMILES string of the molecule is CCOP(=O)(OCC)C1CC[C@H](/C=C(\C)CC/C=C(\C)CCC=C(C)C)OC1=O. The van der Waals surface area contributed by atoms with Crippen molar-refractivity contribution in [1.29, 1.82) is 0 Å². The molecule has 6 heteroatoms. The Morgan fingerprint density at radius 1 is 1.00 bits per heavy atom. The van der Waals surface area contributed by atoms with Gasteiger partial charge in [-0.05, 0) is 86.1 Å². The van der Waals surface area contributed by atoms with Gasteiger partial charge in [0.25, 0.3) is 0 Å². The Labute approximate surface area is 177 Å². The predicted molar refractivity (Wildman–Crippen MR) is 119 cm³/mol. The van der Waals surface area contributed by atoms with Crippen LogP contribution in [-0.2, 0) is 23.1 Å². The Kier molecular flexibility index (Phi) is 11.8. The Hall–Kier alpha value is -1.16. The average Bonchev–Trinajstić information content (AvgIpc) is 2.61. The predicted octanol–water partition coefficient (Wildman–Crippen LogP) is 6.75. The van der Waals surface area contributed by atoms with Gasteiger partial charge in [0.1, 0.15) is 6.10 Å². The Morgan fingerprint density at radius 3 is 2.14 bits per heavy atom.